The molecule has 0 aromatic heterocycles. The fourth-order valence-corrected chi connectivity index (χ4v) is 2.98. The zero-order valence-corrected chi connectivity index (χ0v) is 7.27. The Hall–Kier alpha value is 0.0900. The predicted molar refractivity (Wildman–Crippen MR) is 47.4 cm³/mol. The first-order chi connectivity index (χ1) is 4.81. The average molecular weight is 154 g/mol. The van der Waals surface area contributed by atoms with Crippen LogP contribution < -0.4 is 0 Å². The zero-order chi connectivity index (χ0) is 7.14. The van der Waals surface area contributed by atoms with Gasteiger partial charge in [0.15, 0.2) is 0 Å². The van der Waals surface area contributed by atoms with Crippen molar-refractivity contribution < 1.29 is 0 Å². The lowest BCUT2D eigenvalue weighted by atomic mass is 9.96. The molecular formula is C9H14S. The van der Waals surface area contributed by atoms with Crippen molar-refractivity contribution in [2.24, 2.45) is 11.8 Å². The van der Waals surface area contributed by atoms with Crippen LogP contribution in [0.2, 0.25) is 0 Å². The zero-order valence-electron chi connectivity index (χ0n) is 6.38. The Kier molecular flexibility index (Phi) is 1.56. The molecule has 0 aromatic rings. The largest absolute Gasteiger partial charge is 0.175 e. The van der Waals surface area contributed by atoms with Crippen molar-refractivity contribution in [1.29, 1.82) is 0 Å². The summed E-state index contributed by atoms with van der Waals surface area (Å²) in [5, 5.41) is 0.685. The molecule has 0 aliphatic heterocycles. The summed E-state index contributed by atoms with van der Waals surface area (Å²) in [6, 6.07) is 0. The summed E-state index contributed by atoms with van der Waals surface area (Å²) in [6.45, 7) is 2.26. The van der Waals surface area contributed by atoms with Gasteiger partial charge in [0, 0.05) is 5.25 Å². The second-order valence-corrected chi connectivity index (χ2v) is 4.16. The van der Waals surface area contributed by atoms with Crippen LogP contribution in [0.25, 0.3) is 0 Å². The van der Waals surface area contributed by atoms with Crippen LogP contribution in [0.1, 0.15) is 26.2 Å². The molecule has 0 saturated heterocycles. The molecule has 1 heteroatoms. The topological polar surface area (TPSA) is 0 Å². The van der Waals surface area contributed by atoms with Crippen LogP contribution in [0.3, 0.4) is 0 Å². The predicted octanol–water partition coefficient (Wildman–Crippen LogP) is 2.66. The van der Waals surface area contributed by atoms with Crippen LogP contribution in [0.4, 0.5) is 0 Å². The number of fused-ring (bicyclic) bond motifs is 2. The van der Waals surface area contributed by atoms with E-state index in [4.69, 9.17) is 0 Å². The summed E-state index contributed by atoms with van der Waals surface area (Å²) >= 11 is 4.57. The molecule has 0 aromatic carbocycles. The lowest BCUT2D eigenvalue weighted by molar-refractivity contribution is 0.652. The van der Waals surface area contributed by atoms with E-state index >= 15 is 0 Å². The third kappa shape index (κ3) is 0.833. The second kappa shape index (κ2) is 2.30. The fourth-order valence-electron chi connectivity index (χ4n) is 2.39. The Labute approximate surface area is 68.1 Å². The van der Waals surface area contributed by atoms with Gasteiger partial charge in [-0.1, -0.05) is 18.6 Å². The Bertz CT molecular complexity index is 172. The van der Waals surface area contributed by atoms with Gasteiger partial charge in [-0.25, -0.2) is 0 Å². The van der Waals surface area contributed by atoms with Crippen LogP contribution >= 0.6 is 12.6 Å². The molecule has 2 bridgehead atoms. The van der Waals surface area contributed by atoms with E-state index in [1.54, 1.807) is 5.57 Å². The Morgan fingerprint density at radius 3 is 2.80 bits per heavy atom. The van der Waals surface area contributed by atoms with Crippen LogP contribution in [-0.4, -0.2) is 5.25 Å². The molecule has 0 heterocycles. The standard InChI is InChI=1S/C9H14S/c1-2-7-3-6-4-8(7)9(10)5-6/h3,6,8-10H,2,4-5H2,1H3. The molecule has 2 aliphatic rings. The van der Waals surface area contributed by atoms with E-state index < -0.39 is 0 Å². The maximum Gasteiger partial charge on any atom is 0.00881 e. The molecule has 3 unspecified atom stereocenters. The summed E-state index contributed by atoms with van der Waals surface area (Å²) in [4.78, 5) is 0. The van der Waals surface area contributed by atoms with Gasteiger partial charge in [-0.2, -0.15) is 12.6 Å². The third-order valence-corrected chi connectivity index (χ3v) is 3.47. The van der Waals surface area contributed by atoms with Crippen LogP contribution in [0, 0.1) is 11.8 Å². The SMILES string of the molecule is CCC1=CC2CC(S)C1C2. The van der Waals surface area contributed by atoms with Crippen molar-refractivity contribution in [3.8, 4) is 0 Å². The number of rotatable bonds is 1. The van der Waals surface area contributed by atoms with E-state index in [9.17, 15) is 0 Å². The van der Waals surface area contributed by atoms with E-state index in [0.29, 0.717) is 5.25 Å². The highest BCUT2D eigenvalue weighted by Crippen LogP contribution is 2.47. The summed E-state index contributed by atoms with van der Waals surface area (Å²) in [7, 11) is 0. The van der Waals surface area contributed by atoms with Gasteiger partial charge in [0.1, 0.15) is 0 Å². The summed E-state index contributed by atoms with van der Waals surface area (Å²) < 4.78 is 0. The van der Waals surface area contributed by atoms with Crippen molar-refractivity contribution in [2.45, 2.75) is 31.4 Å². The molecule has 0 nitrogen and oxygen atoms in total. The minimum atomic E-state index is 0.685. The van der Waals surface area contributed by atoms with E-state index in [1.165, 1.54) is 19.3 Å². The van der Waals surface area contributed by atoms with Crippen LogP contribution in [0.5, 0.6) is 0 Å². The normalized spacial score (nSPS) is 44.2. The quantitative estimate of drug-likeness (QED) is 0.435. The lowest BCUT2D eigenvalue weighted by Gasteiger charge is -2.17. The van der Waals surface area contributed by atoms with Gasteiger partial charge >= 0.3 is 0 Å². The maximum atomic E-state index is 4.57. The Balaban J connectivity index is 2.19. The van der Waals surface area contributed by atoms with Gasteiger partial charge in [-0.15, -0.1) is 0 Å². The Morgan fingerprint density at radius 1 is 1.60 bits per heavy atom. The van der Waals surface area contributed by atoms with Crippen molar-refractivity contribution >= 4 is 12.6 Å². The maximum absolute atomic E-state index is 4.57. The monoisotopic (exact) mass is 154 g/mol. The van der Waals surface area contributed by atoms with Crippen molar-refractivity contribution in [2.75, 3.05) is 0 Å². The summed E-state index contributed by atoms with van der Waals surface area (Å²) in [6.07, 6.45) is 6.46. The van der Waals surface area contributed by atoms with Crippen molar-refractivity contribution in [1.82, 2.24) is 0 Å². The number of hydrogen-bond acceptors (Lipinski definition) is 1. The van der Waals surface area contributed by atoms with Crippen LogP contribution in [0.15, 0.2) is 11.6 Å². The molecule has 10 heavy (non-hydrogen) atoms. The molecule has 3 atom stereocenters. The Morgan fingerprint density at radius 2 is 2.40 bits per heavy atom. The van der Waals surface area contributed by atoms with Gasteiger partial charge in [-0.05, 0) is 31.1 Å². The highest BCUT2D eigenvalue weighted by atomic mass is 32.1. The van der Waals surface area contributed by atoms with E-state index in [-0.39, 0.29) is 0 Å². The fraction of sp³-hybridized carbons (Fsp3) is 0.778. The number of hydrogen-bond donors (Lipinski definition) is 1. The van der Waals surface area contributed by atoms with Gasteiger partial charge < -0.3 is 0 Å². The highest BCUT2D eigenvalue weighted by molar-refractivity contribution is 7.81. The van der Waals surface area contributed by atoms with Crippen molar-refractivity contribution in [3.05, 3.63) is 11.6 Å². The first-order valence-corrected chi connectivity index (χ1v) is 4.71. The highest BCUT2D eigenvalue weighted by Gasteiger charge is 2.37. The van der Waals surface area contributed by atoms with Gasteiger partial charge in [0.2, 0.25) is 0 Å². The molecule has 2 aliphatic carbocycles. The molecule has 0 amide bonds. The van der Waals surface area contributed by atoms with E-state index in [1.807, 2.05) is 0 Å². The molecule has 1 fully saturated rings. The minimum Gasteiger partial charge on any atom is -0.175 e. The third-order valence-electron chi connectivity index (χ3n) is 2.90. The second-order valence-electron chi connectivity index (χ2n) is 3.50. The van der Waals surface area contributed by atoms with Gasteiger partial charge in [0.05, 0.1) is 0 Å². The number of thiol groups is 1. The average Bonchev–Trinajstić information content (AvgIpc) is 2.44. The molecule has 0 radical (unpaired) electrons. The van der Waals surface area contributed by atoms with Crippen molar-refractivity contribution in [3.63, 3.8) is 0 Å². The van der Waals surface area contributed by atoms with Gasteiger partial charge in [-0.3, -0.25) is 0 Å². The molecule has 56 valence electrons. The van der Waals surface area contributed by atoms with Crippen LogP contribution in [-0.2, 0) is 0 Å². The molecular weight excluding hydrogens is 140 g/mol. The van der Waals surface area contributed by atoms with E-state index in [2.05, 4.69) is 25.6 Å². The summed E-state index contributed by atoms with van der Waals surface area (Å²) in [5.74, 6) is 1.74. The lowest BCUT2D eigenvalue weighted by Crippen LogP contribution is -2.10. The summed E-state index contributed by atoms with van der Waals surface area (Å²) in [5.41, 5.74) is 1.68. The first-order valence-electron chi connectivity index (χ1n) is 4.20. The van der Waals surface area contributed by atoms with Gasteiger partial charge in [0.25, 0.3) is 0 Å². The molecule has 0 spiro atoms. The van der Waals surface area contributed by atoms with E-state index in [0.717, 1.165) is 11.8 Å². The molecule has 1 saturated carbocycles. The minimum absolute atomic E-state index is 0.685. The molecule has 2 rings (SSSR count). The first kappa shape index (κ1) is 6.78. The number of allylic oxidation sites excluding steroid dienone is 2. The smallest absolute Gasteiger partial charge is 0.00881 e. The molecule has 0 N–H and O–H groups in total.